The molecule has 124 valence electrons. The van der Waals surface area contributed by atoms with Gasteiger partial charge in [-0.25, -0.2) is 9.97 Å². The van der Waals surface area contributed by atoms with Crippen molar-refractivity contribution in [2.45, 2.75) is 43.9 Å². The van der Waals surface area contributed by atoms with Crippen LogP contribution in [0.3, 0.4) is 0 Å². The van der Waals surface area contributed by atoms with Gasteiger partial charge in [0.15, 0.2) is 0 Å². The monoisotopic (exact) mass is 332 g/mol. The molecule has 0 radical (unpaired) electrons. The van der Waals surface area contributed by atoms with Crippen LogP contribution in [0, 0.1) is 13.8 Å². The molecule has 3 aliphatic rings. The van der Waals surface area contributed by atoms with Crippen LogP contribution in [-0.4, -0.2) is 68.4 Å². The fourth-order valence-corrected chi connectivity index (χ4v) is 5.82. The Morgan fingerprint density at radius 3 is 2.74 bits per heavy atom. The molecule has 1 atom stereocenters. The fraction of sp³-hybridized carbons (Fsp3) is 0.706. The zero-order chi connectivity index (χ0) is 16.0. The minimum absolute atomic E-state index is 0.0957. The standard InChI is InChI=1S/C17H24N4OS/c1-12-15(8-18-13(2)19-12)16(22)21-10-17(11-21)7-14(9-23-17)20-5-3-4-6-20/h8,14H,3-7,9-11H2,1-2H3. The van der Waals surface area contributed by atoms with E-state index in [2.05, 4.69) is 26.6 Å². The van der Waals surface area contributed by atoms with E-state index >= 15 is 0 Å². The second-order valence-corrected chi connectivity index (χ2v) is 8.66. The van der Waals surface area contributed by atoms with Gasteiger partial charge in [0.05, 0.1) is 16.0 Å². The van der Waals surface area contributed by atoms with E-state index < -0.39 is 0 Å². The molecule has 0 saturated carbocycles. The van der Waals surface area contributed by atoms with E-state index in [0.29, 0.717) is 10.3 Å². The van der Waals surface area contributed by atoms with Gasteiger partial charge in [-0.05, 0) is 46.2 Å². The molecule has 1 unspecified atom stereocenters. The minimum atomic E-state index is 0.0957. The lowest BCUT2D eigenvalue weighted by Gasteiger charge is -2.47. The summed E-state index contributed by atoms with van der Waals surface area (Å²) in [5, 5.41) is 0. The molecule has 6 heteroatoms. The van der Waals surface area contributed by atoms with Crippen LogP contribution in [0.15, 0.2) is 6.20 Å². The van der Waals surface area contributed by atoms with Gasteiger partial charge >= 0.3 is 0 Å². The van der Waals surface area contributed by atoms with E-state index in [9.17, 15) is 4.79 Å². The van der Waals surface area contributed by atoms with E-state index in [1.54, 1.807) is 6.20 Å². The van der Waals surface area contributed by atoms with Crippen LogP contribution >= 0.6 is 11.8 Å². The third kappa shape index (κ3) is 2.76. The summed E-state index contributed by atoms with van der Waals surface area (Å²) in [6.07, 6.45) is 5.63. The van der Waals surface area contributed by atoms with Crippen molar-refractivity contribution in [3.63, 3.8) is 0 Å². The van der Waals surface area contributed by atoms with Crippen molar-refractivity contribution >= 4 is 17.7 Å². The number of aryl methyl sites for hydroxylation is 2. The Bertz CT molecular complexity index is 623. The number of hydrogen-bond donors (Lipinski definition) is 0. The molecular formula is C17H24N4OS. The van der Waals surface area contributed by atoms with Crippen molar-refractivity contribution in [1.29, 1.82) is 0 Å². The lowest BCUT2D eigenvalue weighted by atomic mass is 9.91. The maximum atomic E-state index is 12.7. The first-order valence-electron chi connectivity index (χ1n) is 8.54. The highest BCUT2D eigenvalue weighted by molar-refractivity contribution is 8.01. The first kappa shape index (κ1) is 15.4. The number of rotatable bonds is 2. The topological polar surface area (TPSA) is 49.3 Å². The third-order valence-corrected chi connectivity index (χ3v) is 7.01. The van der Waals surface area contributed by atoms with E-state index in [1.807, 2.05) is 18.7 Å². The van der Waals surface area contributed by atoms with E-state index in [0.717, 1.165) is 30.6 Å². The predicted octanol–water partition coefficient (Wildman–Crippen LogP) is 1.89. The highest BCUT2D eigenvalue weighted by Crippen LogP contribution is 2.47. The van der Waals surface area contributed by atoms with Crippen LogP contribution in [0.4, 0.5) is 0 Å². The Morgan fingerprint density at radius 1 is 1.30 bits per heavy atom. The second-order valence-electron chi connectivity index (χ2n) is 7.17. The van der Waals surface area contributed by atoms with Gasteiger partial charge in [0, 0.05) is 31.1 Å². The Kier molecular flexibility index (Phi) is 3.84. The van der Waals surface area contributed by atoms with Crippen LogP contribution in [0.1, 0.15) is 41.1 Å². The minimum Gasteiger partial charge on any atom is -0.336 e. The molecule has 4 heterocycles. The molecule has 1 spiro atoms. The molecule has 4 rings (SSSR count). The summed E-state index contributed by atoms with van der Waals surface area (Å²) in [7, 11) is 0. The van der Waals surface area contributed by atoms with Gasteiger partial charge in [-0.15, -0.1) is 11.8 Å². The average Bonchev–Trinajstić information content (AvgIpc) is 3.14. The molecule has 1 aromatic rings. The summed E-state index contributed by atoms with van der Waals surface area (Å²) < 4.78 is 0.308. The van der Waals surface area contributed by atoms with Gasteiger partial charge in [0.25, 0.3) is 5.91 Å². The van der Waals surface area contributed by atoms with Gasteiger partial charge in [-0.1, -0.05) is 0 Å². The molecule has 1 aromatic heterocycles. The highest BCUT2D eigenvalue weighted by Gasteiger charge is 2.51. The number of likely N-dealkylation sites (tertiary alicyclic amines) is 2. The lowest BCUT2D eigenvalue weighted by molar-refractivity contribution is 0.0531. The van der Waals surface area contributed by atoms with Crippen LogP contribution in [-0.2, 0) is 0 Å². The summed E-state index contributed by atoms with van der Waals surface area (Å²) in [6, 6.07) is 0.726. The number of hydrogen-bond acceptors (Lipinski definition) is 5. The fourth-order valence-electron chi connectivity index (χ4n) is 4.14. The molecule has 23 heavy (non-hydrogen) atoms. The van der Waals surface area contributed by atoms with Gasteiger partial charge in [0.2, 0.25) is 0 Å². The van der Waals surface area contributed by atoms with Crippen LogP contribution in [0.25, 0.3) is 0 Å². The molecule has 0 N–H and O–H groups in total. The number of carbonyl (C=O) groups is 1. The Hall–Kier alpha value is -1.14. The van der Waals surface area contributed by atoms with Crippen LogP contribution in [0.5, 0.6) is 0 Å². The molecule has 0 bridgehead atoms. The Morgan fingerprint density at radius 2 is 2.04 bits per heavy atom. The smallest absolute Gasteiger partial charge is 0.257 e. The number of nitrogens with zero attached hydrogens (tertiary/aromatic N) is 4. The summed E-state index contributed by atoms with van der Waals surface area (Å²) in [6.45, 7) is 8.05. The van der Waals surface area contributed by atoms with E-state index in [-0.39, 0.29) is 5.91 Å². The Balaban J connectivity index is 1.38. The van der Waals surface area contributed by atoms with Crippen molar-refractivity contribution in [2.24, 2.45) is 0 Å². The first-order valence-corrected chi connectivity index (χ1v) is 9.52. The average molecular weight is 332 g/mol. The summed E-state index contributed by atoms with van der Waals surface area (Å²) in [4.78, 5) is 25.8. The summed E-state index contributed by atoms with van der Waals surface area (Å²) in [5.41, 5.74) is 1.45. The van der Waals surface area contributed by atoms with Gasteiger partial charge in [0.1, 0.15) is 5.82 Å². The van der Waals surface area contributed by atoms with Crippen molar-refractivity contribution in [3.8, 4) is 0 Å². The maximum absolute atomic E-state index is 12.7. The number of amides is 1. The van der Waals surface area contributed by atoms with Crippen molar-refractivity contribution in [1.82, 2.24) is 19.8 Å². The van der Waals surface area contributed by atoms with Gasteiger partial charge in [-0.2, -0.15) is 0 Å². The molecule has 5 nitrogen and oxygen atoms in total. The zero-order valence-corrected chi connectivity index (χ0v) is 14.7. The number of thioether (sulfide) groups is 1. The molecule has 0 aliphatic carbocycles. The van der Waals surface area contributed by atoms with E-state index in [1.165, 1.54) is 38.1 Å². The van der Waals surface area contributed by atoms with Crippen molar-refractivity contribution in [2.75, 3.05) is 31.9 Å². The number of aromatic nitrogens is 2. The second kappa shape index (κ2) is 5.74. The van der Waals surface area contributed by atoms with E-state index in [4.69, 9.17) is 0 Å². The lowest BCUT2D eigenvalue weighted by Crippen LogP contribution is -2.61. The van der Waals surface area contributed by atoms with Gasteiger partial charge in [-0.3, -0.25) is 9.69 Å². The van der Waals surface area contributed by atoms with Crippen LogP contribution < -0.4 is 0 Å². The maximum Gasteiger partial charge on any atom is 0.257 e. The molecule has 1 amide bonds. The zero-order valence-electron chi connectivity index (χ0n) is 13.9. The molecular weight excluding hydrogens is 308 g/mol. The third-order valence-electron chi connectivity index (χ3n) is 5.42. The molecule has 3 saturated heterocycles. The summed E-state index contributed by atoms with van der Waals surface area (Å²) >= 11 is 2.08. The highest BCUT2D eigenvalue weighted by atomic mass is 32.2. The largest absolute Gasteiger partial charge is 0.336 e. The summed E-state index contributed by atoms with van der Waals surface area (Å²) in [5.74, 6) is 2.05. The van der Waals surface area contributed by atoms with Crippen molar-refractivity contribution in [3.05, 3.63) is 23.3 Å². The molecule has 3 aliphatic heterocycles. The first-order chi connectivity index (χ1) is 11.1. The molecule has 3 fully saturated rings. The normalized spacial score (nSPS) is 26.7. The quantitative estimate of drug-likeness (QED) is 0.828. The van der Waals surface area contributed by atoms with Crippen molar-refractivity contribution < 1.29 is 4.79 Å². The number of carbonyl (C=O) groups excluding carboxylic acids is 1. The predicted molar refractivity (Wildman–Crippen MR) is 91.8 cm³/mol. The van der Waals surface area contributed by atoms with Crippen LogP contribution in [0.2, 0.25) is 0 Å². The SMILES string of the molecule is Cc1ncc(C(=O)N2CC3(CC(N4CCCC4)CS3)C2)c(C)n1. The van der Waals surface area contributed by atoms with Gasteiger partial charge < -0.3 is 4.90 Å². The Labute approximate surface area is 141 Å². The molecule has 0 aromatic carbocycles.